The number of alkyl halides is 3. The molecule has 0 heterocycles. The molecule has 0 aromatic rings. The largest absolute Gasteiger partial charge is 0.449 e. The average molecular weight is 254 g/mol. The summed E-state index contributed by atoms with van der Waals surface area (Å²) in [4.78, 5) is 4.78. The Hall–Kier alpha value is -1.35. The summed E-state index contributed by atoms with van der Waals surface area (Å²) in [5.41, 5.74) is 4.66. The second-order valence-electron chi connectivity index (χ2n) is 3.67. The lowest BCUT2D eigenvalue weighted by Crippen LogP contribution is -2.40. The zero-order valence-electron chi connectivity index (χ0n) is 9.75. The van der Waals surface area contributed by atoms with E-state index in [0.717, 1.165) is 5.01 Å². The van der Waals surface area contributed by atoms with Gasteiger partial charge in [-0.05, 0) is 27.1 Å². The van der Waals surface area contributed by atoms with Gasteiger partial charge in [0, 0.05) is 6.54 Å². The fourth-order valence-electron chi connectivity index (χ4n) is 0.905. The van der Waals surface area contributed by atoms with Gasteiger partial charge in [0.05, 0.1) is 0 Å². The van der Waals surface area contributed by atoms with Crippen molar-refractivity contribution >= 4 is 11.8 Å². The minimum absolute atomic E-state index is 0.228. The van der Waals surface area contributed by atoms with Gasteiger partial charge < -0.3 is 10.6 Å². The van der Waals surface area contributed by atoms with Crippen molar-refractivity contribution in [1.82, 2.24) is 9.91 Å². The van der Waals surface area contributed by atoms with Gasteiger partial charge in [0.2, 0.25) is 11.8 Å². The van der Waals surface area contributed by atoms with Crippen LogP contribution in [0.25, 0.3) is 0 Å². The lowest BCUT2D eigenvalue weighted by atomic mass is 10.4. The van der Waals surface area contributed by atoms with Crippen molar-refractivity contribution in [2.75, 3.05) is 27.2 Å². The molecule has 0 fully saturated rings. The molecule has 0 spiro atoms. The zero-order chi connectivity index (χ0) is 13.6. The Morgan fingerprint density at radius 1 is 1.29 bits per heavy atom. The van der Waals surface area contributed by atoms with Crippen LogP contribution in [0.2, 0.25) is 0 Å². The number of halogens is 3. The molecule has 0 unspecified atom stereocenters. The molecule has 0 bridgehead atoms. The van der Waals surface area contributed by atoms with Crippen LogP contribution in [0, 0.1) is 5.41 Å². The summed E-state index contributed by atoms with van der Waals surface area (Å²) in [6.07, 6.45) is -4.13. The predicted octanol–water partition coefficient (Wildman–Crippen LogP) is -0.0319. The SMILES string of the molecule is CN(C)CCCN(N)C(=N)/N=C(\N)C(F)(F)F. The van der Waals surface area contributed by atoms with E-state index >= 15 is 0 Å². The van der Waals surface area contributed by atoms with Crippen LogP contribution in [-0.2, 0) is 0 Å². The maximum Gasteiger partial charge on any atom is 0.449 e. The van der Waals surface area contributed by atoms with Gasteiger partial charge in [-0.3, -0.25) is 10.4 Å². The highest BCUT2D eigenvalue weighted by Crippen LogP contribution is 2.14. The van der Waals surface area contributed by atoms with E-state index in [-0.39, 0.29) is 6.54 Å². The molecule has 0 aromatic heterocycles. The molecule has 0 aliphatic rings. The number of aliphatic imine (C=N–C) groups is 1. The van der Waals surface area contributed by atoms with Crippen LogP contribution < -0.4 is 11.6 Å². The molecule has 6 nitrogen and oxygen atoms in total. The van der Waals surface area contributed by atoms with E-state index in [9.17, 15) is 13.2 Å². The Morgan fingerprint density at radius 2 is 1.82 bits per heavy atom. The molecular weight excluding hydrogens is 237 g/mol. The Labute approximate surface area is 97.5 Å². The fraction of sp³-hybridized carbons (Fsp3) is 0.750. The van der Waals surface area contributed by atoms with Crippen molar-refractivity contribution in [2.24, 2.45) is 16.6 Å². The van der Waals surface area contributed by atoms with Crippen LogP contribution in [0.3, 0.4) is 0 Å². The molecule has 9 heteroatoms. The van der Waals surface area contributed by atoms with Gasteiger partial charge in [0.15, 0.2) is 0 Å². The molecule has 0 atom stereocenters. The monoisotopic (exact) mass is 254 g/mol. The summed E-state index contributed by atoms with van der Waals surface area (Å²) < 4.78 is 36.0. The van der Waals surface area contributed by atoms with Gasteiger partial charge in [-0.2, -0.15) is 18.2 Å². The summed E-state index contributed by atoms with van der Waals surface area (Å²) in [5, 5.41) is 8.03. The van der Waals surface area contributed by atoms with Gasteiger partial charge in [0.25, 0.3) is 0 Å². The first-order valence-corrected chi connectivity index (χ1v) is 4.81. The predicted molar refractivity (Wildman–Crippen MR) is 59.5 cm³/mol. The maximum atomic E-state index is 12.0. The summed E-state index contributed by atoms with van der Waals surface area (Å²) in [7, 11) is 3.71. The first-order valence-electron chi connectivity index (χ1n) is 4.81. The number of guanidine groups is 1. The summed E-state index contributed by atoms with van der Waals surface area (Å²) in [6, 6.07) is 0. The molecule has 0 rings (SSSR count). The Kier molecular flexibility index (Phi) is 5.89. The Morgan fingerprint density at radius 3 is 2.24 bits per heavy atom. The first kappa shape index (κ1) is 15.7. The van der Waals surface area contributed by atoms with Crippen LogP contribution in [0.1, 0.15) is 6.42 Å². The highest BCUT2D eigenvalue weighted by Gasteiger charge is 2.34. The lowest BCUT2D eigenvalue weighted by molar-refractivity contribution is -0.0597. The van der Waals surface area contributed by atoms with E-state index in [2.05, 4.69) is 10.7 Å². The van der Waals surface area contributed by atoms with Crippen LogP contribution in [0.5, 0.6) is 0 Å². The topological polar surface area (TPSA) is 94.7 Å². The van der Waals surface area contributed by atoms with Crippen LogP contribution in [0.15, 0.2) is 4.99 Å². The van der Waals surface area contributed by atoms with E-state index in [1.54, 1.807) is 0 Å². The van der Waals surface area contributed by atoms with Gasteiger partial charge in [0.1, 0.15) is 0 Å². The number of nitrogens with two attached hydrogens (primary N) is 2. The maximum absolute atomic E-state index is 12.0. The first-order chi connectivity index (χ1) is 7.64. The summed E-state index contributed by atoms with van der Waals surface area (Å²) in [5.74, 6) is 3.07. The third kappa shape index (κ3) is 6.74. The highest BCUT2D eigenvalue weighted by molar-refractivity contribution is 5.96. The normalized spacial score (nSPS) is 13.0. The standard InChI is InChI=1S/C8H17F3N6/c1-16(2)4-3-5-17(14)7(13)15-6(12)8(9,10)11/h3-5,14H2,1-2H3,(H3,12,13,15). The molecular formula is C8H17F3N6. The van der Waals surface area contributed by atoms with Gasteiger partial charge >= 0.3 is 6.18 Å². The smallest absolute Gasteiger partial charge is 0.379 e. The number of hydrogen-bond acceptors (Lipinski definition) is 3. The van der Waals surface area contributed by atoms with E-state index in [1.807, 2.05) is 19.0 Å². The minimum atomic E-state index is -4.74. The van der Waals surface area contributed by atoms with E-state index in [4.69, 9.17) is 11.3 Å². The van der Waals surface area contributed by atoms with Crippen LogP contribution in [-0.4, -0.2) is 55.1 Å². The summed E-state index contributed by atoms with van der Waals surface area (Å²) >= 11 is 0. The second-order valence-corrected chi connectivity index (χ2v) is 3.67. The molecule has 17 heavy (non-hydrogen) atoms. The Balaban J connectivity index is 4.23. The molecule has 5 N–H and O–H groups in total. The molecule has 0 amide bonds. The van der Waals surface area contributed by atoms with Crippen molar-refractivity contribution in [3.8, 4) is 0 Å². The van der Waals surface area contributed by atoms with E-state index < -0.39 is 18.0 Å². The van der Waals surface area contributed by atoms with Gasteiger partial charge in [-0.1, -0.05) is 0 Å². The number of nitrogens with zero attached hydrogens (tertiary/aromatic N) is 3. The van der Waals surface area contributed by atoms with Gasteiger partial charge in [-0.15, -0.1) is 0 Å². The second kappa shape index (κ2) is 6.40. The Bertz CT molecular complexity index is 285. The number of rotatable bonds is 4. The minimum Gasteiger partial charge on any atom is -0.379 e. The number of nitrogens with one attached hydrogen (secondary N) is 1. The number of amidine groups is 1. The number of hydrazine groups is 1. The van der Waals surface area contributed by atoms with Crippen molar-refractivity contribution < 1.29 is 13.2 Å². The van der Waals surface area contributed by atoms with E-state index in [0.29, 0.717) is 13.0 Å². The molecule has 100 valence electrons. The average Bonchev–Trinajstić information content (AvgIpc) is 2.15. The zero-order valence-corrected chi connectivity index (χ0v) is 9.75. The molecule has 0 aliphatic heterocycles. The molecule has 0 aliphatic carbocycles. The molecule has 0 radical (unpaired) electrons. The molecule has 0 saturated carbocycles. The van der Waals surface area contributed by atoms with Crippen LogP contribution in [0.4, 0.5) is 13.2 Å². The lowest BCUT2D eigenvalue weighted by Gasteiger charge is -2.18. The van der Waals surface area contributed by atoms with Gasteiger partial charge in [-0.25, -0.2) is 5.84 Å². The van der Waals surface area contributed by atoms with Crippen molar-refractivity contribution in [1.29, 1.82) is 5.41 Å². The molecule has 0 saturated heterocycles. The number of hydrogen-bond donors (Lipinski definition) is 3. The highest BCUT2D eigenvalue weighted by atomic mass is 19.4. The summed E-state index contributed by atoms with van der Waals surface area (Å²) in [6.45, 7) is 0.936. The van der Waals surface area contributed by atoms with Crippen molar-refractivity contribution in [2.45, 2.75) is 12.6 Å². The molecule has 0 aromatic carbocycles. The van der Waals surface area contributed by atoms with Crippen molar-refractivity contribution in [3.05, 3.63) is 0 Å². The van der Waals surface area contributed by atoms with Crippen LogP contribution >= 0.6 is 0 Å². The third-order valence-corrected chi connectivity index (χ3v) is 1.79. The fourth-order valence-corrected chi connectivity index (χ4v) is 0.905. The quantitative estimate of drug-likeness (QED) is 0.284. The van der Waals surface area contributed by atoms with Crippen molar-refractivity contribution in [3.63, 3.8) is 0 Å². The van der Waals surface area contributed by atoms with E-state index in [1.165, 1.54) is 0 Å². The third-order valence-electron chi connectivity index (χ3n) is 1.79.